The van der Waals surface area contributed by atoms with Crippen molar-refractivity contribution >= 4 is 45.0 Å². The van der Waals surface area contributed by atoms with E-state index in [0.29, 0.717) is 23.7 Å². The van der Waals surface area contributed by atoms with Crippen LogP contribution in [-0.4, -0.2) is 46.0 Å². The average molecular weight is 497 g/mol. The Balaban J connectivity index is 2.47. The Morgan fingerprint density at radius 1 is 1.19 bits per heavy atom. The van der Waals surface area contributed by atoms with E-state index in [4.69, 9.17) is 32.7 Å². The summed E-state index contributed by atoms with van der Waals surface area (Å²) in [6.07, 6.45) is 0.443. The number of amides is 1. The second kappa shape index (κ2) is 10.7. The van der Waals surface area contributed by atoms with Gasteiger partial charge in [-0.2, -0.15) is 5.26 Å². The zero-order valence-electron chi connectivity index (χ0n) is 17.9. The summed E-state index contributed by atoms with van der Waals surface area (Å²) in [6.45, 7) is 3.69. The third-order valence-corrected chi connectivity index (χ3v) is 6.62. The quantitative estimate of drug-likeness (QED) is 0.495. The van der Waals surface area contributed by atoms with Gasteiger partial charge in [0.15, 0.2) is 17.6 Å². The van der Waals surface area contributed by atoms with E-state index in [2.05, 4.69) is 0 Å². The van der Waals surface area contributed by atoms with Crippen LogP contribution in [0.5, 0.6) is 11.5 Å². The number of nitriles is 1. The lowest BCUT2D eigenvalue weighted by atomic mass is 10.2. The van der Waals surface area contributed by atoms with Crippen molar-refractivity contribution in [2.24, 2.45) is 0 Å². The van der Waals surface area contributed by atoms with E-state index in [1.807, 2.05) is 0 Å². The highest BCUT2D eigenvalue weighted by Crippen LogP contribution is 2.33. The SMILES string of the molecule is CCOc1cc(/C=C(\C#N)S(=O)(=O)c2cc(Cl)ccc2Cl)ccc1OC(C)C(=O)N(C)C. The number of carbonyl (C=O) groups excluding carboxylic acids is 1. The average Bonchev–Trinajstić information content (AvgIpc) is 2.74. The number of sulfone groups is 1. The second-order valence-electron chi connectivity index (χ2n) is 6.83. The van der Waals surface area contributed by atoms with E-state index in [-0.39, 0.29) is 20.8 Å². The van der Waals surface area contributed by atoms with Crippen molar-refractivity contribution in [1.29, 1.82) is 5.26 Å². The van der Waals surface area contributed by atoms with E-state index in [0.717, 1.165) is 0 Å². The standard InChI is InChI=1S/C22H22Cl2N2O5S/c1-5-30-20-11-15(6-9-19(20)31-14(2)22(27)26(3)4)10-17(13-25)32(28,29)21-12-16(23)7-8-18(21)24/h6-12,14H,5H2,1-4H3/b17-10+. The largest absolute Gasteiger partial charge is 0.490 e. The molecule has 1 unspecified atom stereocenters. The number of nitrogens with zero attached hydrogens (tertiary/aromatic N) is 2. The molecule has 32 heavy (non-hydrogen) atoms. The number of hydrogen-bond acceptors (Lipinski definition) is 6. The summed E-state index contributed by atoms with van der Waals surface area (Å²) in [4.78, 5) is 12.7. The summed E-state index contributed by atoms with van der Waals surface area (Å²) >= 11 is 11.9. The van der Waals surface area contributed by atoms with Gasteiger partial charge >= 0.3 is 0 Å². The molecule has 0 radical (unpaired) electrons. The van der Waals surface area contributed by atoms with Crippen LogP contribution in [0.15, 0.2) is 46.2 Å². The first-order valence-electron chi connectivity index (χ1n) is 9.47. The lowest BCUT2D eigenvalue weighted by molar-refractivity contribution is -0.135. The van der Waals surface area contributed by atoms with Gasteiger partial charge in [0.05, 0.1) is 16.5 Å². The fourth-order valence-corrected chi connectivity index (χ4v) is 4.62. The first-order valence-corrected chi connectivity index (χ1v) is 11.7. The Labute approximate surface area is 197 Å². The summed E-state index contributed by atoms with van der Waals surface area (Å²) in [7, 11) is -0.975. The molecule has 2 aromatic rings. The molecule has 0 aliphatic heterocycles. The summed E-state index contributed by atoms with van der Waals surface area (Å²) in [5.41, 5.74) is 0.380. The van der Waals surface area contributed by atoms with Crippen molar-refractivity contribution < 1.29 is 22.7 Å². The van der Waals surface area contributed by atoms with Gasteiger partial charge in [-0.15, -0.1) is 0 Å². The zero-order chi connectivity index (χ0) is 24.1. The third-order valence-electron chi connectivity index (χ3n) is 4.24. The first-order chi connectivity index (χ1) is 15.0. The first kappa shape index (κ1) is 25.5. The van der Waals surface area contributed by atoms with E-state index in [9.17, 15) is 18.5 Å². The smallest absolute Gasteiger partial charge is 0.262 e. The predicted octanol–water partition coefficient (Wildman–Crippen LogP) is 4.59. The Morgan fingerprint density at radius 3 is 2.47 bits per heavy atom. The number of likely N-dealkylation sites (N-methyl/N-ethyl adjacent to an activating group) is 1. The maximum atomic E-state index is 13.0. The molecule has 0 heterocycles. The third kappa shape index (κ3) is 5.94. The molecule has 0 aliphatic rings. The molecule has 0 bridgehead atoms. The van der Waals surface area contributed by atoms with Crippen LogP contribution >= 0.6 is 23.2 Å². The zero-order valence-corrected chi connectivity index (χ0v) is 20.3. The van der Waals surface area contributed by atoms with Crippen LogP contribution in [0.3, 0.4) is 0 Å². The van der Waals surface area contributed by atoms with Gasteiger partial charge in [-0.05, 0) is 55.8 Å². The number of rotatable bonds is 8. The van der Waals surface area contributed by atoms with E-state index < -0.39 is 20.8 Å². The van der Waals surface area contributed by atoms with Crippen molar-refractivity contribution in [3.05, 3.63) is 56.9 Å². The van der Waals surface area contributed by atoms with Crippen molar-refractivity contribution in [2.45, 2.75) is 24.8 Å². The highest BCUT2D eigenvalue weighted by molar-refractivity contribution is 7.95. The Morgan fingerprint density at radius 2 is 1.88 bits per heavy atom. The fraction of sp³-hybridized carbons (Fsp3) is 0.273. The molecule has 0 fully saturated rings. The van der Waals surface area contributed by atoms with E-state index in [1.165, 1.54) is 35.2 Å². The Bertz CT molecular complexity index is 1190. The van der Waals surface area contributed by atoms with E-state index in [1.54, 1.807) is 46.1 Å². The van der Waals surface area contributed by atoms with Crippen molar-refractivity contribution in [3.8, 4) is 17.6 Å². The van der Waals surface area contributed by atoms with Crippen LogP contribution in [0.4, 0.5) is 0 Å². The Kier molecular flexibility index (Phi) is 8.56. The number of ether oxygens (including phenoxy) is 2. The van der Waals surface area contributed by atoms with Gasteiger partial charge in [-0.3, -0.25) is 4.79 Å². The molecular formula is C22H22Cl2N2O5S. The molecule has 2 rings (SSSR count). The number of hydrogen-bond donors (Lipinski definition) is 0. The summed E-state index contributed by atoms with van der Waals surface area (Å²) < 4.78 is 37.3. The molecule has 7 nitrogen and oxygen atoms in total. The summed E-state index contributed by atoms with van der Waals surface area (Å²) in [5, 5.41) is 9.66. The van der Waals surface area contributed by atoms with Gasteiger partial charge in [0.2, 0.25) is 9.84 Å². The molecule has 170 valence electrons. The molecule has 0 N–H and O–H groups in total. The highest BCUT2D eigenvalue weighted by Gasteiger charge is 2.25. The van der Waals surface area contributed by atoms with Gasteiger partial charge in [-0.1, -0.05) is 29.3 Å². The van der Waals surface area contributed by atoms with Crippen LogP contribution in [0.25, 0.3) is 6.08 Å². The van der Waals surface area contributed by atoms with Crippen LogP contribution in [-0.2, 0) is 14.6 Å². The Hall–Kier alpha value is -2.73. The van der Waals surface area contributed by atoms with Crippen molar-refractivity contribution in [2.75, 3.05) is 20.7 Å². The minimum Gasteiger partial charge on any atom is -0.490 e. The normalized spacial score (nSPS) is 12.6. The number of benzene rings is 2. The maximum Gasteiger partial charge on any atom is 0.262 e. The lowest BCUT2D eigenvalue weighted by Gasteiger charge is -2.20. The van der Waals surface area contributed by atoms with Crippen LogP contribution in [0, 0.1) is 11.3 Å². The maximum absolute atomic E-state index is 13.0. The summed E-state index contributed by atoms with van der Waals surface area (Å²) in [6, 6.07) is 10.3. The topological polar surface area (TPSA) is 96.7 Å². The van der Waals surface area contributed by atoms with Gasteiger partial charge in [0.25, 0.3) is 5.91 Å². The van der Waals surface area contributed by atoms with Gasteiger partial charge in [0.1, 0.15) is 11.0 Å². The molecule has 2 aromatic carbocycles. The number of carbonyl (C=O) groups is 1. The van der Waals surface area contributed by atoms with E-state index >= 15 is 0 Å². The molecule has 0 saturated carbocycles. The fourth-order valence-electron chi connectivity index (χ4n) is 2.71. The molecule has 0 aromatic heterocycles. The molecule has 1 amide bonds. The highest BCUT2D eigenvalue weighted by atomic mass is 35.5. The minimum absolute atomic E-state index is 0.0474. The molecule has 1 atom stereocenters. The van der Waals surface area contributed by atoms with Crippen molar-refractivity contribution in [1.82, 2.24) is 4.90 Å². The van der Waals surface area contributed by atoms with Crippen LogP contribution in [0.2, 0.25) is 10.0 Å². The van der Waals surface area contributed by atoms with Gasteiger partial charge < -0.3 is 14.4 Å². The number of halogens is 2. The molecule has 10 heteroatoms. The molecule has 0 aliphatic carbocycles. The monoisotopic (exact) mass is 496 g/mol. The van der Waals surface area contributed by atoms with Crippen LogP contribution < -0.4 is 9.47 Å². The lowest BCUT2D eigenvalue weighted by Crippen LogP contribution is -2.35. The predicted molar refractivity (Wildman–Crippen MR) is 124 cm³/mol. The van der Waals surface area contributed by atoms with Crippen molar-refractivity contribution in [3.63, 3.8) is 0 Å². The molecule has 0 saturated heterocycles. The molecule has 0 spiro atoms. The summed E-state index contributed by atoms with van der Waals surface area (Å²) in [5.74, 6) is 0.383. The minimum atomic E-state index is -4.22. The second-order valence-corrected chi connectivity index (χ2v) is 9.56. The van der Waals surface area contributed by atoms with Crippen LogP contribution in [0.1, 0.15) is 19.4 Å². The molecular weight excluding hydrogens is 475 g/mol. The van der Waals surface area contributed by atoms with Gasteiger partial charge in [0, 0.05) is 19.1 Å². The van der Waals surface area contributed by atoms with Gasteiger partial charge in [-0.25, -0.2) is 8.42 Å². The number of allylic oxidation sites excluding steroid dienone is 1.